The van der Waals surface area contributed by atoms with Crippen molar-refractivity contribution in [2.45, 2.75) is 63.8 Å². The third-order valence-electron chi connectivity index (χ3n) is 7.03. The lowest BCUT2D eigenvalue weighted by Gasteiger charge is -2.31. The summed E-state index contributed by atoms with van der Waals surface area (Å²) in [7, 11) is 0. The second kappa shape index (κ2) is 11.2. The zero-order valence-electron chi connectivity index (χ0n) is 20.2. The van der Waals surface area contributed by atoms with E-state index in [-0.39, 0.29) is 34.5 Å². The van der Waals surface area contributed by atoms with Gasteiger partial charge in [0.25, 0.3) is 11.8 Å². The Labute approximate surface area is 213 Å². The second-order valence-corrected chi connectivity index (χ2v) is 10.6. The largest absolute Gasteiger partial charge is 0.454 e. The van der Waals surface area contributed by atoms with Crippen LogP contribution in [-0.2, 0) is 4.79 Å². The van der Waals surface area contributed by atoms with Gasteiger partial charge in [0.2, 0.25) is 22.7 Å². The Morgan fingerprint density at radius 1 is 0.944 bits per heavy atom. The number of aromatic nitrogens is 2. The highest BCUT2D eigenvalue weighted by molar-refractivity contribution is 7.15. The molecule has 1 saturated heterocycles. The molecular formula is C25H31N5O5S. The van der Waals surface area contributed by atoms with Crippen LogP contribution in [0.2, 0.25) is 0 Å². The summed E-state index contributed by atoms with van der Waals surface area (Å²) in [4.78, 5) is 39.8. The van der Waals surface area contributed by atoms with Crippen LogP contribution in [-0.4, -0.2) is 58.7 Å². The van der Waals surface area contributed by atoms with E-state index in [1.165, 1.54) is 25.7 Å². The lowest BCUT2D eigenvalue weighted by molar-refractivity contribution is -0.123. The van der Waals surface area contributed by atoms with Crippen LogP contribution in [0.15, 0.2) is 18.2 Å². The Kier molecular flexibility index (Phi) is 7.64. The monoisotopic (exact) mass is 513 g/mol. The predicted octanol–water partition coefficient (Wildman–Crippen LogP) is 3.60. The van der Waals surface area contributed by atoms with Crippen molar-refractivity contribution in [2.75, 3.05) is 25.2 Å². The van der Waals surface area contributed by atoms with Crippen molar-refractivity contribution in [1.82, 2.24) is 20.4 Å². The molecule has 10 nitrogen and oxygen atoms in total. The lowest BCUT2D eigenvalue weighted by Crippen LogP contribution is -2.41. The fourth-order valence-corrected chi connectivity index (χ4v) is 5.71. The number of carbonyl (C=O) groups is 3. The maximum Gasteiger partial charge on any atom is 0.286 e. The number of fused-ring (bicyclic) bond motifs is 1. The zero-order valence-corrected chi connectivity index (χ0v) is 21.0. The summed E-state index contributed by atoms with van der Waals surface area (Å²) in [5, 5.41) is 14.1. The summed E-state index contributed by atoms with van der Waals surface area (Å²) < 4.78 is 10.6. The molecule has 3 amide bonds. The van der Waals surface area contributed by atoms with E-state index in [4.69, 9.17) is 9.47 Å². The van der Waals surface area contributed by atoms with E-state index in [2.05, 4.69) is 20.8 Å². The van der Waals surface area contributed by atoms with Gasteiger partial charge in [-0.2, -0.15) is 0 Å². The first-order chi connectivity index (χ1) is 17.5. The second-order valence-electron chi connectivity index (χ2n) is 9.63. The maximum atomic E-state index is 12.9. The first-order valence-corrected chi connectivity index (χ1v) is 13.5. The topological polar surface area (TPSA) is 123 Å². The number of anilines is 1. The van der Waals surface area contributed by atoms with Crippen LogP contribution < -0.4 is 20.1 Å². The van der Waals surface area contributed by atoms with E-state index in [1.807, 2.05) is 0 Å². The number of carbonyl (C=O) groups excluding carboxylic acids is 3. The summed E-state index contributed by atoms with van der Waals surface area (Å²) in [6, 6.07) is 5.42. The van der Waals surface area contributed by atoms with E-state index in [1.54, 1.807) is 23.1 Å². The molecule has 36 heavy (non-hydrogen) atoms. The zero-order chi connectivity index (χ0) is 24.9. The Balaban J connectivity index is 1.09. The van der Waals surface area contributed by atoms with Gasteiger partial charge in [-0.05, 0) is 43.7 Å². The predicted molar refractivity (Wildman–Crippen MR) is 133 cm³/mol. The first-order valence-electron chi connectivity index (χ1n) is 12.7. The molecule has 2 N–H and O–H groups in total. The van der Waals surface area contributed by atoms with Crippen LogP contribution in [0.5, 0.6) is 11.5 Å². The van der Waals surface area contributed by atoms with Gasteiger partial charge in [0, 0.05) is 37.3 Å². The molecule has 0 bridgehead atoms. The molecule has 2 fully saturated rings. The SMILES string of the molecule is O=C(CC1CCN(C(=O)c2nnc(C(=O)Nc3ccc4c(c3)OCO4)s2)CC1)NC1CCCCCC1. The van der Waals surface area contributed by atoms with Gasteiger partial charge >= 0.3 is 0 Å². The average molecular weight is 514 g/mol. The van der Waals surface area contributed by atoms with Crippen molar-refractivity contribution in [3.05, 3.63) is 28.2 Å². The number of benzene rings is 1. The van der Waals surface area contributed by atoms with Crippen LogP contribution >= 0.6 is 11.3 Å². The van der Waals surface area contributed by atoms with Gasteiger partial charge in [0.05, 0.1) is 0 Å². The van der Waals surface area contributed by atoms with Crippen molar-refractivity contribution in [1.29, 1.82) is 0 Å². The number of rotatable bonds is 6. The minimum Gasteiger partial charge on any atom is -0.454 e. The maximum absolute atomic E-state index is 12.9. The van der Waals surface area contributed by atoms with E-state index in [0.717, 1.165) is 37.0 Å². The molecule has 192 valence electrons. The standard InChI is InChI=1S/C25H31N5O5S/c31-21(26-17-5-3-1-2-4-6-17)13-16-9-11-30(12-10-16)25(33)24-29-28-23(36-24)22(32)27-18-7-8-19-20(14-18)35-15-34-19/h7-8,14,16-17H,1-6,9-13,15H2,(H,26,31)(H,27,32). The highest BCUT2D eigenvalue weighted by atomic mass is 32.1. The molecule has 1 aliphatic carbocycles. The Bertz CT molecular complexity index is 1110. The smallest absolute Gasteiger partial charge is 0.286 e. The van der Waals surface area contributed by atoms with Gasteiger partial charge < -0.3 is 25.0 Å². The van der Waals surface area contributed by atoms with Crippen LogP contribution in [0.3, 0.4) is 0 Å². The number of amides is 3. The number of likely N-dealkylation sites (tertiary alicyclic amines) is 1. The molecule has 1 aromatic carbocycles. The summed E-state index contributed by atoms with van der Waals surface area (Å²) in [5.41, 5.74) is 0.539. The molecule has 2 aromatic rings. The molecule has 1 saturated carbocycles. The van der Waals surface area contributed by atoms with Gasteiger partial charge in [-0.15, -0.1) is 10.2 Å². The van der Waals surface area contributed by atoms with Crippen molar-refractivity contribution in [3.63, 3.8) is 0 Å². The molecule has 0 spiro atoms. The minimum absolute atomic E-state index is 0.112. The molecule has 0 radical (unpaired) electrons. The number of ether oxygens (including phenoxy) is 2. The van der Waals surface area contributed by atoms with Gasteiger partial charge in [-0.25, -0.2) is 0 Å². The number of hydrogen-bond acceptors (Lipinski definition) is 8. The van der Waals surface area contributed by atoms with E-state index in [9.17, 15) is 14.4 Å². The normalized spacial score (nSPS) is 18.5. The van der Waals surface area contributed by atoms with Gasteiger partial charge in [0.1, 0.15) is 0 Å². The average Bonchev–Trinajstić information content (AvgIpc) is 3.49. The molecule has 0 unspecified atom stereocenters. The molecule has 2 aliphatic heterocycles. The van der Waals surface area contributed by atoms with Crippen LogP contribution in [0, 0.1) is 5.92 Å². The van der Waals surface area contributed by atoms with Crippen molar-refractivity contribution in [3.8, 4) is 11.5 Å². The summed E-state index contributed by atoms with van der Waals surface area (Å²) in [6.45, 7) is 1.29. The third kappa shape index (κ3) is 5.95. The minimum atomic E-state index is -0.441. The molecular weight excluding hydrogens is 482 g/mol. The van der Waals surface area contributed by atoms with Crippen molar-refractivity contribution in [2.24, 2.45) is 5.92 Å². The van der Waals surface area contributed by atoms with Crippen LogP contribution in [0.4, 0.5) is 5.69 Å². The van der Waals surface area contributed by atoms with Gasteiger partial charge in [-0.3, -0.25) is 14.4 Å². The summed E-state index contributed by atoms with van der Waals surface area (Å²) in [6.07, 6.45) is 9.15. The molecule has 11 heteroatoms. The van der Waals surface area contributed by atoms with Gasteiger partial charge in [-0.1, -0.05) is 37.0 Å². The number of nitrogens with zero attached hydrogens (tertiary/aromatic N) is 3. The number of piperidine rings is 1. The molecule has 3 heterocycles. The Morgan fingerprint density at radius 2 is 1.67 bits per heavy atom. The summed E-state index contributed by atoms with van der Waals surface area (Å²) >= 11 is 0.974. The molecule has 3 aliphatic rings. The molecule has 1 aromatic heterocycles. The third-order valence-corrected chi connectivity index (χ3v) is 7.94. The molecule has 0 atom stereocenters. The first kappa shape index (κ1) is 24.5. The van der Waals surface area contributed by atoms with E-state index >= 15 is 0 Å². The number of hydrogen-bond donors (Lipinski definition) is 2. The fourth-order valence-electron chi connectivity index (χ4n) is 5.01. The van der Waals surface area contributed by atoms with E-state index < -0.39 is 5.91 Å². The number of nitrogens with one attached hydrogen (secondary N) is 2. The Morgan fingerprint density at radius 3 is 2.44 bits per heavy atom. The van der Waals surface area contributed by atoms with Crippen molar-refractivity contribution >= 4 is 34.7 Å². The molecule has 5 rings (SSSR count). The highest BCUT2D eigenvalue weighted by Crippen LogP contribution is 2.34. The van der Waals surface area contributed by atoms with Crippen molar-refractivity contribution < 1.29 is 23.9 Å². The Hall–Kier alpha value is -3.21. The van der Waals surface area contributed by atoms with Gasteiger partial charge in [0.15, 0.2) is 11.5 Å². The van der Waals surface area contributed by atoms with E-state index in [0.29, 0.717) is 42.7 Å². The lowest BCUT2D eigenvalue weighted by atomic mass is 9.93. The van der Waals surface area contributed by atoms with Crippen LogP contribution in [0.1, 0.15) is 77.4 Å². The highest BCUT2D eigenvalue weighted by Gasteiger charge is 2.28. The summed E-state index contributed by atoms with van der Waals surface area (Å²) in [5.74, 6) is 0.929. The fraction of sp³-hybridized carbons (Fsp3) is 0.560. The van der Waals surface area contributed by atoms with Crippen LogP contribution in [0.25, 0.3) is 0 Å². The quantitative estimate of drug-likeness (QED) is 0.566.